The van der Waals surface area contributed by atoms with Crippen LogP contribution in [0.5, 0.6) is 5.75 Å². The molecule has 1 aromatic carbocycles. The Kier molecular flexibility index (Phi) is 6.11. The SMILES string of the molecule is C1CCNCC1.COc1cc2c(cc1N)C(C)=CC(C)(C)N2C(C)=O. The monoisotopic (exact) mass is 345 g/mol. The number of nitrogens with one attached hydrogen (secondary N) is 1. The van der Waals surface area contributed by atoms with Gasteiger partial charge in [-0.1, -0.05) is 12.5 Å². The van der Waals surface area contributed by atoms with Gasteiger partial charge in [0.05, 0.1) is 24.0 Å². The largest absolute Gasteiger partial charge is 0.495 e. The average molecular weight is 345 g/mol. The van der Waals surface area contributed by atoms with E-state index in [-0.39, 0.29) is 11.4 Å². The second kappa shape index (κ2) is 7.91. The molecule has 0 atom stereocenters. The summed E-state index contributed by atoms with van der Waals surface area (Å²) in [7, 11) is 1.58. The van der Waals surface area contributed by atoms with Gasteiger partial charge in [-0.25, -0.2) is 0 Å². The Labute approximate surface area is 151 Å². The fourth-order valence-corrected chi connectivity index (χ4v) is 3.62. The molecule has 2 aliphatic rings. The van der Waals surface area contributed by atoms with Crippen LogP contribution in [0.3, 0.4) is 0 Å². The van der Waals surface area contributed by atoms with Gasteiger partial charge in [-0.15, -0.1) is 0 Å². The molecule has 0 radical (unpaired) electrons. The first-order valence-corrected chi connectivity index (χ1v) is 8.97. The van der Waals surface area contributed by atoms with Crippen LogP contribution in [0.4, 0.5) is 11.4 Å². The van der Waals surface area contributed by atoms with Crippen molar-refractivity contribution in [1.82, 2.24) is 5.32 Å². The van der Waals surface area contributed by atoms with Crippen molar-refractivity contribution in [1.29, 1.82) is 0 Å². The molecule has 138 valence electrons. The van der Waals surface area contributed by atoms with Crippen LogP contribution in [0.1, 0.15) is 52.5 Å². The van der Waals surface area contributed by atoms with Crippen molar-refractivity contribution in [3.05, 3.63) is 23.8 Å². The number of anilines is 2. The predicted octanol–water partition coefficient (Wildman–Crippen LogP) is 3.59. The molecule has 3 rings (SSSR count). The Morgan fingerprint density at radius 3 is 2.32 bits per heavy atom. The number of allylic oxidation sites excluding steroid dienone is 1. The highest BCUT2D eigenvalue weighted by Crippen LogP contribution is 2.42. The third kappa shape index (κ3) is 4.34. The standard InChI is InChI=1S/C15H20N2O2.C5H11N/c1-9-8-15(3,4)17(10(2)18)13-7-14(19-5)12(16)6-11(9)13;1-2-4-6-5-3-1/h6-8H,16H2,1-5H3;6H,1-5H2. The molecule has 0 aromatic heterocycles. The van der Waals surface area contributed by atoms with E-state index < -0.39 is 0 Å². The van der Waals surface area contributed by atoms with E-state index in [1.54, 1.807) is 18.9 Å². The van der Waals surface area contributed by atoms with Gasteiger partial charge < -0.3 is 20.7 Å². The maximum Gasteiger partial charge on any atom is 0.224 e. The molecule has 1 fully saturated rings. The van der Waals surface area contributed by atoms with Crippen molar-refractivity contribution in [3.8, 4) is 5.75 Å². The number of benzene rings is 1. The van der Waals surface area contributed by atoms with Crippen LogP contribution in [0.25, 0.3) is 5.57 Å². The lowest BCUT2D eigenvalue weighted by molar-refractivity contribution is -0.117. The van der Waals surface area contributed by atoms with Crippen molar-refractivity contribution in [3.63, 3.8) is 0 Å². The zero-order chi connectivity index (χ0) is 18.6. The van der Waals surface area contributed by atoms with E-state index in [9.17, 15) is 4.79 Å². The van der Waals surface area contributed by atoms with E-state index >= 15 is 0 Å². The Bertz CT molecular complexity index is 650. The molecule has 1 amide bonds. The molecule has 0 aliphatic carbocycles. The topological polar surface area (TPSA) is 67.6 Å². The van der Waals surface area contributed by atoms with Crippen molar-refractivity contribution in [2.75, 3.05) is 30.8 Å². The molecule has 1 saturated heterocycles. The normalized spacial score (nSPS) is 18.4. The zero-order valence-corrected chi connectivity index (χ0v) is 16.1. The van der Waals surface area contributed by atoms with Gasteiger partial charge in [0.15, 0.2) is 0 Å². The molecule has 2 aliphatic heterocycles. The van der Waals surface area contributed by atoms with Gasteiger partial charge in [0.25, 0.3) is 0 Å². The fourth-order valence-electron chi connectivity index (χ4n) is 3.62. The fraction of sp³-hybridized carbons (Fsp3) is 0.550. The Morgan fingerprint density at radius 2 is 1.88 bits per heavy atom. The quantitative estimate of drug-likeness (QED) is 0.763. The molecule has 0 unspecified atom stereocenters. The van der Waals surface area contributed by atoms with E-state index in [2.05, 4.69) is 11.4 Å². The lowest BCUT2D eigenvalue weighted by Gasteiger charge is -2.41. The summed E-state index contributed by atoms with van der Waals surface area (Å²) in [4.78, 5) is 13.8. The minimum Gasteiger partial charge on any atom is -0.495 e. The number of carbonyl (C=O) groups is 1. The highest BCUT2D eigenvalue weighted by Gasteiger charge is 2.34. The van der Waals surface area contributed by atoms with E-state index in [0.29, 0.717) is 11.4 Å². The first-order chi connectivity index (χ1) is 11.8. The van der Waals surface area contributed by atoms with Gasteiger partial charge in [-0.05, 0) is 58.3 Å². The van der Waals surface area contributed by atoms with E-state index in [4.69, 9.17) is 10.5 Å². The number of fused-ring (bicyclic) bond motifs is 1. The van der Waals surface area contributed by atoms with Crippen LogP contribution < -0.4 is 20.7 Å². The molecule has 1 aromatic rings. The maximum atomic E-state index is 12.0. The number of nitrogens with two attached hydrogens (primary N) is 1. The van der Waals surface area contributed by atoms with Crippen LogP contribution >= 0.6 is 0 Å². The first-order valence-electron chi connectivity index (χ1n) is 8.97. The average Bonchev–Trinajstić information content (AvgIpc) is 2.56. The Balaban J connectivity index is 0.000000316. The number of rotatable bonds is 1. The van der Waals surface area contributed by atoms with Gasteiger partial charge in [0.1, 0.15) is 5.75 Å². The highest BCUT2D eigenvalue weighted by molar-refractivity contribution is 6.00. The van der Waals surface area contributed by atoms with Crippen LogP contribution in [0.2, 0.25) is 0 Å². The summed E-state index contributed by atoms with van der Waals surface area (Å²) in [6, 6.07) is 3.70. The van der Waals surface area contributed by atoms with Crippen molar-refractivity contribution in [2.45, 2.75) is 52.5 Å². The predicted molar refractivity (Wildman–Crippen MR) is 105 cm³/mol. The third-order valence-electron chi connectivity index (χ3n) is 4.68. The summed E-state index contributed by atoms with van der Waals surface area (Å²) < 4.78 is 5.26. The number of methoxy groups -OCH3 is 1. The number of hydrogen-bond donors (Lipinski definition) is 2. The number of carbonyl (C=O) groups excluding carboxylic acids is 1. The van der Waals surface area contributed by atoms with Gasteiger partial charge >= 0.3 is 0 Å². The van der Waals surface area contributed by atoms with Gasteiger partial charge in [-0.2, -0.15) is 0 Å². The minimum atomic E-state index is -0.357. The summed E-state index contributed by atoms with van der Waals surface area (Å²) in [6.45, 7) is 10.1. The van der Waals surface area contributed by atoms with Gasteiger partial charge in [0.2, 0.25) is 5.91 Å². The summed E-state index contributed by atoms with van der Waals surface area (Å²) >= 11 is 0. The lowest BCUT2D eigenvalue weighted by atomic mass is 9.88. The molecule has 0 saturated carbocycles. The molecule has 0 bridgehead atoms. The van der Waals surface area contributed by atoms with Crippen LogP contribution in [-0.4, -0.2) is 31.6 Å². The Morgan fingerprint density at radius 1 is 1.24 bits per heavy atom. The van der Waals surface area contributed by atoms with Crippen molar-refractivity contribution in [2.24, 2.45) is 0 Å². The van der Waals surface area contributed by atoms with E-state index in [0.717, 1.165) is 16.8 Å². The summed E-state index contributed by atoms with van der Waals surface area (Å²) in [6.07, 6.45) is 6.30. The zero-order valence-electron chi connectivity index (χ0n) is 16.1. The molecule has 2 heterocycles. The van der Waals surface area contributed by atoms with Crippen molar-refractivity contribution >= 4 is 22.9 Å². The maximum absolute atomic E-state index is 12.0. The highest BCUT2D eigenvalue weighted by atomic mass is 16.5. The first kappa shape index (κ1) is 19.3. The van der Waals surface area contributed by atoms with Gasteiger partial charge in [-0.3, -0.25) is 4.79 Å². The molecule has 5 heteroatoms. The molecular formula is C20H31N3O2. The number of nitrogens with zero attached hydrogens (tertiary/aromatic N) is 1. The summed E-state index contributed by atoms with van der Waals surface area (Å²) in [5.41, 5.74) is 9.12. The number of ether oxygens (including phenoxy) is 1. The number of piperidine rings is 1. The van der Waals surface area contributed by atoms with Crippen LogP contribution in [0.15, 0.2) is 18.2 Å². The second-order valence-electron chi connectivity index (χ2n) is 7.26. The number of hydrogen-bond acceptors (Lipinski definition) is 4. The molecule has 0 spiro atoms. The van der Waals surface area contributed by atoms with E-state index in [1.807, 2.05) is 32.9 Å². The minimum absolute atomic E-state index is 0.00169. The molecule has 3 N–H and O–H groups in total. The third-order valence-corrected chi connectivity index (χ3v) is 4.68. The van der Waals surface area contributed by atoms with Crippen LogP contribution in [0, 0.1) is 0 Å². The summed E-state index contributed by atoms with van der Waals surface area (Å²) in [5, 5.41) is 3.28. The Hall–Kier alpha value is -2.01. The molecular weight excluding hydrogens is 314 g/mol. The van der Waals surface area contributed by atoms with Gasteiger partial charge in [0, 0.05) is 18.6 Å². The van der Waals surface area contributed by atoms with E-state index in [1.165, 1.54) is 32.4 Å². The van der Waals surface area contributed by atoms with Crippen LogP contribution in [-0.2, 0) is 4.79 Å². The molecule has 25 heavy (non-hydrogen) atoms. The second-order valence-corrected chi connectivity index (χ2v) is 7.26. The van der Waals surface area contributed by atoms with Crippen molar-refractivity contribution < 1.29 is 9.53 Å². The summed E-state index contributed by atoms with van der Waals surface area (Å²) in [5.74, 6) is 0.595. The number of nitrogen functional groups attached to an aromatic ring is 1. The smallest absolute Gasteiger partial charge is 0.224 e. The lowest BCUT2D eigenvalue weighted by Crippen LogP contribution is -2.47. The number of amides is 1. The molecule has 5 nitrogen and oxygen atoms in total.